The van der Waals surface area contributed by atoms with Gasteiger partial charge in [-0.25, -0.2) is 0 Å². The van der Waals surface area contributed by atoms with Crippen LogP contribution in [0.3, 0.4) is 0 Å². The third-order valence-electron chi connectivity index (χ3n) is 23.1. The Morgan fingerprint density at radius 1 is 0.229 bits per heavy atom. The summed E-state index contributed by atoms with van der Waals surface area (Å²) in [5, 5.41) is 23.0. The van der Waals surface area contributed by atoms with Crippen molar-refractivity contribution in [3.8, 4) is 57.5 Å². The Morgan fingerprint density at radius 2 is 0.432 bits per heavy atom. The number of phenols is 2. The summed E-state index contributed by atoms with van der Waals surface area (Å²) in [7, 11) is 0. The van der Waals surface area contributed by atoms with Crippen molar-refractivity contribution in [3.05, 3.63) is 107 Å². The zero-order chi connectivity index (χ0) is 83.7. The zero-order valence-electron chi connectivity index (χ0n) is 76.4. The van der Waals surface area contributed by atoms with E-state index in [1.165, 1.54) is 308 Å². The van der Waals surface area contributed by atoms with Gasteiger partial charge in [0.05, 0.1) is 51.0 Å². The van der Waals surface area contributed by atoms with Crippen molar-refractivity contribution in [2.45, 2.75) is 440 Å². The molecule has 0 aliphatic heterocycles. The number of rotatable bonds is 82. The van der Waals surface area contributed by atoms with E-state index in [1.54, 1.807) is 24.6 Å². The molecule has 0 spiro atoms. The highest BCUT2D eigenvalue weighted by atomic mass is 16.6. The van der Waals surface area contributed by atoms with Crippen LogP contribution >= 0.6 is 0 Å². The molecule has 0 unspecified atom stereocenters. The van der Waals surface area contributed by atoms with Gasteiger partial charge in [-0.2, -0.15) is 0 Å². The summed E-state index contributed by atoms with van der Waals surface area (Å²) in [4.78, 5) is 9.65. The molecule has 0 aliphatic carbocycles. The van der Waals surface area contributed by atoms with Crippen molar-refractivity contribution < 1.29 is 48.1 Å². The highest BCUT2D eigenvalue weighted by Gasteiger charge is 2.20. The van der Waals surface area contributed by atoms with E-state index in [2.05, 4.69) is 65.8 Å². The highest BCUT2D eigenvalue weighted by molar-refractivity contribution is 5.89. The predicted octanol–water partition coefficient (Wildman–Crippen LogP) is 33.6. The van der Waals surface area contributed by atoms with Crippen molar-refractivity contribution in [1.29, 1.82) is 0 Å². The molecule has 0 fully saturated rings. The Labute approximate surface area is 722 Å². The van der Waals surface area contributed by atoms with Gasteiger partial charge in [-0.1, -0.05) is 400 Å². The summed E-state index contributed by atoms with van der Waals surface area (Å²) < 4.78 is 53.2. The average molecular weight is 1630 g/mol. The van der Waals surface area contributed by atoms with E-state index in [4.69, 9.17) is 47.9 Å². The minimum absolute atomic E-state index is 0.0359. The normalized spacial score (nSPS) is 11.6. The van der Waals surface area contributed by atoms with Crippen molar-refractivity contribution >= 4 is 23.8 Å². The summed E-state index contributed by atoms with van der Waals surface area (Å²) in [6, 6.07) is 26.5. The third kappa shape index (κ3) is 50.0. The van der Waals surface area contributed by atoms with E-state index in [0.717, 1.165) is 88.2 Å². The number of hydrogen-bond donors (Lipinski definition) is 2. The number of benzene rings is 5. The van der Waals surface area contributed by atoms with Gasteiger partial charge >= 0.3 is 0 Å². The van der Waals surface area contributed by atoms with Gasteiger partial charge in [0.2, 0.25) is 11.5 Å². The van der Waals surface area contributed by atoms with Crippen LogP contribution in [0.25, 0.3) is 0 Å². The largest absolute Gasteiger partial charge is 0.507 e. The fourth-order valence-electron chi connectivity index (χ4n) is 15.5. The van der Waals surface area contributed by atoms with Gasteiger partial charge in [0.1, 0.15) is 36.2 Å². The molecule has 666 valence electrons. The molecule has 0 heterocycles. The molecule has 0 amide bonds. The lowest BCUT2D eigenvalue weighted by Gasteiger charge is -2.19. The monoisotopic (exact) mass is 1630 g/mol. The first kappa shape index (κ1) is 102. The summed E-state index contributed by atoms with van der Waals surface area (Å²) >= 11 is 0. The molecule has 0 saturated carbocycles. The van der Waals surface area contributed by atoms with E-state index in [-0.39, 0.29) is 24.7 Å². The van der Waals surface area contributed by atoms with Crippen LogP contribution in [0.4, 0.5) is 11.4 Å². The molecule has 2 N–H and O–H groups in total. The summed E-state index contributed by atoms with van der Waals surface area (Å²) in [5.41, 5.74) is 4.06. The minimum atomic E-state index is 0.0359. The topological polar surface area (TPSA) is 139 Å². The lowest BCUT2D eigenvalue weighted by molar-refractivity contribution is 0.232. The van der Waals surface area contributed by atoms with Crippen molar-refractivity contribution in [1.82, 2.24) is 0 Å². The SMILES string of the molecule is CCCCCCCCCCCCOc1cc(COc2ccc(C=Nc3ccccc3N=Cc3ccc(OCc4cc(OCCCCCCCCCCCC)c(OCCCCCCCCCCCC)c(OCCCCCCCCCCCC)c4)cc3O)c(O)c2)cc(OCCCCCCCCCCCC)c1OCCCCCCCCCCCC. The summed E-state index contributed by atoms with van der Waals surface area (Å²) in [6.07, 6.45) is 79.1. The summed E-state index contributed by atoms with van der Waals surface area (Å²) in [6.45, 7) is 17.8. The molecule has 0 radical (unpaired) electrons. The number of para-hydroxylation sites is 2. The van der Waals surface area contributed by atoms with E-state index < -0.39 is 0 Å². The Morgan fingerprint density at radius 3 is 0.644 bits per heavy atom. The standard InChI is InChI=1S/C106H172N2O10/c1-7-13-19-25-31-37-43-49-55-63-75-111-101-81-91(82-102(112-76-64-56-50-44-38-32-26-20-14-8-2)105(101)115-79-67-59-53-47-41-35-29-23-17-11-5)89-117-95-73-71-93(99(109)85-95)87-107-97-69-61-62-70-98(97)108-88-94-72-74-96(86-100(94)110)118-90-92-83-103(113-77-65-57-51-45-39-33-27-21-15-9-3)106(116-80-68-60-54-48-42-36-30-24-18-12-6)104(84-92)114-78-66-58-52-46-40-34-28-22-16-10-4/h61-62,69-74,81-88,109-110H,7-60,63-68,75-80,89-90H2,1-6H3. The Kier molecular flexibility index (Phi) is 62.3. The molecule has 0 saturated heterocycles. The minimum Gasteiger partial charge on any atom is -0.507 e. The molecule has 0 atom stereocenters. The second kappa shape index (κ2) is 72.1. The van der Waals surface area contributed by atoms with Crippen molar-refractivity contribution in [3.63, 3.8) is 0 Å². The first-order valence-corrected chi connectivity index (χ1v) is 49.5. The zero-order valence-corrected chi connectivity index (χ0v) is 76.4. The first-order chi connectivity index (χ1) is 58.3. The fourth-order valence-corrected chi connectivity index (χ4v) is 15.5. The number of unbranched alkanes of at least 4 members (excludes halogenated alkanes) is 54. The van der Waals surface area contributed by atoms with Crippen LogP contribution in [0.15, 0.2) is 94.9 Å². The maximum Gasteiger partial charge on any atom is 0.203 e. The maximum atomic E-state index is 11.5. The Bertz CT molecular complexity index is 2950. The van der Waals surface area contributed by atoms with Crippen LogP contribution in [0.5, 0.6) is 57.5 Å². The number of phenolic OH excluding ortho intramolecular Hbond substituents is 2. The maximum absolute atomic E-state index is 11.5. The van der Waals surface area contributed by atoms with E-state index in [9.17, 15) is 10.2 Å². The van der Waals surface area contributed by atoms with Gasteiger partial charge < -0.3 is 48.1 Å². The first-order valence-electron chi connectivity index (χ1n) is 49.5. The number of hydrogen-bond acceptors (Lipinski definition) is 12. The molecular weight excluding hydrogens is 1460 g/mol. The third-order valence-corrected chi connectivity index (χ3v) is 23.1. The van der Waals surface area contributed by atoms with Gasteiger partial charge in [0.25, 0.3) is 0 Å². The summed E-state index contributed by atoms with van der Waals surface area (Å²) in [5.74, 6) is 5.34. The molecule has 12 nitrogen and oxygen atoms in total. The number of ether oxygens (including phenoxy) is 8. The van der Waals surface area contributed by atoms with Gasteiger partial charge in [-0.15, -0.1) is 0 Å². The van der Waals surface area contributed by atoms with Gasteiger partial charge in [0, 0.05) is 35.7 Å². The molecule has 5 rings (SSSR count). The van der Waals surface area contributed by atoms with Gasteiger partial charge in [-0.05, 0) is 110 Å². The molecule has 12 heteroatoms. The lowest BCUT2D eigenvalue weighted by Crippen LogP contribution is -2.08. The van der Waals surface area contributed by atoms with Crippen LogP contribution in [-0.2, 0) is 13.2 Å². The Hall–Kier alpha value is -6.56. The number of nitrogens with zero attached hydrogens (tertiary/aromatic N) is 2. The molecule has 118 heavy (non-hydrogen) atoms. The van der Waals surface area contributed by atoms with Crippen LogP contribution < -0.4 is 37.9 Å². The molecule has 5 aromatic carbocycles. The fraction of sp³-hybridized carbons (Fsp3) is 0.698. The lowest BCUT2D eigenvalue weighted by atomic mass is 10.1. The smallest absolute Gasteiger partial charge is 0.203 e. The molecular formula is C106H172N2O10. The van der Waals surface area contributed by atoms with Crippen LogP contribution in [-0.4, -0.2) is 62.3 Å². The second-order valence-electron chi connectivity index (χ2n) is 34.0. The van der Waals surface area contributed by atoms with E-state index in [1.807, 2.05) is 48.5 Å². The van der Waals surface area contributed by atoms with Crippen LogP contribution in [0, 0.1) is 0 Å². The van der Waals surface area contributed by atoms with Crippen LogP contribution in [0.1, 0.15) is 449 Å². The molecule has 0 aliphatic rings. The average Bonchev–Trinajstić information content (AvgIpc) is 0.825. The number of aromatic hydroxyl groups is 2. The van der Waals surface area contributed by atoms with Gasteiger partial charge in [-0.3, -0.25) is 9.98 Å². The molecule has 5 aromatic rings. The van der Waals surface area contributed by atoms with Gasteiger partial charge in [0.15, 0.2) is 23.0 Å². The van der Waals surface area contributed by atoms with Crippen molar-refractivity contribution in [2.75, 3.05) is 39.6 Å². The quantitative estimate of drug-likeness (QED) is 0.0286. The van der Waals surface area contributed by atoms with E-state index >= 15 is 0 Å². The highest BCUT2D eigenvalue weighted by Crippen LogP contribution is 2.43. The van der Waals surface area contributed by atoms with E-state index in [0.29, 0.717) is 108 Å². The van der Waals surface area contributed by atoms with Crippen LogP contribution in [0.2, 0.25) is 0 Å². The Balaban J connectivity index is 1.27. The predicted molar refractivity (Wildman–Crippen MR) is 503 cm³/mol. The molecule has 0 bridgehead atoms. The number of aliphatic imine (C=N–C) groups is 2. The second-order valence-corrected chi connectivity index (χ2v) is 34.0. The van der Waals surface area contributed by atoms with Crippen molar-refractivity contribution in [2.24, 2.45) is 9.98 Å². The molecule has 0 aromatic heterocycles.